The number of carbonyl (C=O) groups excluding carboxylic acids is 1. The highest BCUT2D eigenvalue weighted by Gasteiger charge is 2.07. The van der Waals surface area contributed by atoms with Crippen LogP contribution in [0.15, 0.2) is 65.3 Å². The molecule has 5 heteroatoms. The van der Waals surface area contributed by atoms with Crippen LogP contribution in [0.5, 0.6) is 0 Å². The number of fused-ring (bicyclic) bond motifs is 3. The summed E-state index contributed by atoms with van der Waals surface area (Å²) in [7, 11) is 0. The second-order valence-electron chi connectivity index (χ2n) is 5.32. The Morgan fingerprint density at radius 1 is 1.00 bits per heavy atom. The summed E-state index contributed by atoms with van der Waals surface area (Å²) in [4.78, 5) is 15.3. The number of nitrogens with one attached hydrogen (secondary N) is 3. The van der Waals surface area contributed by atoms with E-state index in [1.165, 1.54) is 0 Å². The van der Waals surface area contributed by atoms with Crippen molar-refractivity contribution < 1.29 is 9.21 Å². The van der Waals surface area contributed by atoms with Crippen LogP contribution in [0.3, 0.4) is 0 Å². The molecule has 0 aliphatic heterocycles. The third kappa shape index (κ3) is 2.64. The summed E-state index contributed by atoms with van der Waals surface area (Å²) in [5, 5.41) is 7.83. The lowest BCUT2D eigenvalue weighted by Crippen LogP contribution is -2.27. The van der Waals surface area contributed by atoms with Crippen molar-refractivity contribution in [2.24, 2.45) is 0 Å². The Bertz CT molecular complexity index is 970. The highest BCUT2D eigenvalue weighted by atomic mass is 16.3. The summed E-state index contributed by atoms with van der Waals surface area (Å²) in [6, 6.07) is 17.3. The minimum atomic E-state index is -0.263. The Labute approximate surface area is 132 Å². The van der Waals surface area contributed by atoms with Gasteiger partial charge in [-0.15, -0.1) is 0 Å². The molecule has 3 N–H and O–H groups in total. The Morgan fingerprint density at radius 2 is 1.87 bits per heavy atom. The summed E-state index contributed by atoms with van der Waals surface area (Å²) in [6.45, 7) is 0.355. The molecular formula is C18H15N3O2. The van der Waals surface area contributed by atoms with Gasteiger partial charge in [0.05, 0.1) is 12.8 Å². The number of rotatable bonds is 3. The van der Waals surface area contributed by atoms with Crippen LogP contribution in [-0.2, 0) is 6.54 Å². The maximum Gasteiger partial charge on any atom is 0.319 e. The molecule has 0 fully saturated rings. The van der Waals surface area contributed by atoms with E-state index in [1.54, 1.807) is 12.3 Å². The molecular weight excluding hydrogens is 290 g/mol. The van der Waals surface area contributed by atoms with E-state index in [0.717, 1.165) is 27.5 Å². The molecule has 0 unspecified atom stereocenters. The van der Waals surface area contributed by atoms with Gasteiger partial charge in [0, 0.05) is 27.5 Å². The Kier molecular flexibility index (Phi) is 3.24. The largest absolute Gasteiger partial charge is 0.467 e. The van der Waals surface area contributed by atoms with Gasteiger partial charge in [-0.25, -0.2) is 4.79 Å². The van der Waals surface area contributed by atoms with Gasteiger partial charge in [0.2, 0.25) is 0 Å². The summed E-state index contributed by atoms with van der Waals surface area (Å²) < 4.78 is 5.18. The topological polar surface area (TPSA) is 70.1 Å². The fourth-order valence-corrected chi connectivity index (χ4v) is 2.68. The summed E-state index contributed by atoms with van der Waals surface area (Å²) >= 11 is 0. The summed E-state index contributed by atoms with van der Waals surface area (Å²) in [5.74, 6) is 0.715. The molecule has 114 valence electrons. The lowest BCUT2D eigenvalue weighted by Gasteiger charge is -2.06. The molecule has 0 saturated heterocycles. The third-order valence-corrected chi connectivity index (χ3v) is 3.77. The van der Waals surface area contributed by atoms with Crippen LogP contribution in [0.2, 0.25) is 0 Å². The number of carbonyl (C=O) groups is 1. The first-order chi connectivity index (χ1) is 11.3. The number of aromatic amines is 1. The van der Waals surface area contributed by atoms with E-state index in [-0.39, 0.29) is 6.03 Å². The SMILES string of the molecule is O=C(NCc1ccco1)Nc1ccc2[nH]c3ccccc3c2c1. The highest BCUT2D eigenvalue weighted by molar-refractivity contribution is 6.08. The molecule has 2 heterocycles. The van der Waals surface area contributed by atoms with Crippen LogP contribution >= 0.6 is 0 Å². The molecule has 5 nitrogen and oxygen atoms in total. The molecule has 0 aliphatic rings. The van der Waals surface area contributed by atoms with Gasteiger partial charge < -0.3 is 20.0 Å². The van der Waals surface area contributed by atoms with E-state index in [2.05, 4.69) is 21.7 Å². The number of amides is 2. The second-order valence-corrected chi connectivity index (χ2v) is 5.32. The molecule has 0 aliphatic carbocycles. The van der Waals surface area contributed by atoms with Crippen LogP contribution in [0, 0.1) is 0 Å². The van der Waals surface area contributed by atoms with Gasteiger partial charge in [-0.2, -0.15) is 0 Å². The molecule has 4 rings (SSSR count). The van der Waals surface area contributed by atoms with Gasteiger partial charge in [-0.1, -0.05) is 18.2 Å². The fraction of sp³-hybridized carbons (Fsp3) is 0.0556. The Morgan fingerprint density at radius 3 is 2.74 bits per heavy atom. The average Bonchev–Trinajstić information content (AvgIpc) is 3.20. The van der Waals surface area contributed by atoms with E-state index in [1.807, 2.05) is 42.5 Å². The number of aromatic nitrogens is 1. The van der Waals surface area contributed by atoms with Gasteiger partial charge in [0.1, 0.15) is 5.76 Å². The molecule has 0 saturated carbocycles. The van der Waals surface area contributed by atoms with Gasteiger partial charge in [-0.3, -0.25) is 0 Å². The number of hydrogen-bond acceptors (Lipinski definition) is 2. The number of urea groups is 1. The normalized spacial score (nSPS) is 11.0. The zero-order valence-corrected chi connectivity index (χ0v) is 12.3. The lowest BCUT2D eigenvalue weighted by molar-refractivity contribution is 0.251. The third-order valence-electron chi connectivity index (χ3n) is 3.77. The first kappa shape index (κ1) is 13.5. The van der Waals surface area contributed by atoms with Gasteiger partial charge in [0.25, 0.3) is 0 Å². The number of hydrogen-bond donors (Lipinski definition) is 3. The maximum absolute atomic E-state index is 12.0. The molecule has 2 amide bonds. The summed E-state index contributed by atoms with van der Waals surface area (Å²) in [6.07, 6.45) is 1.58. The van der Waals surface area contributed by atoms with Crippen LogP contribution < -0.4 is 10.6 Å². The quantitative estimate of drug-likeness (QED) is 0.530. The zero-order chi connectivity index (χ0) is 15.6. The first-order valence-corrected chi connectivity index (χ1v) is 7.37. The van der Waals surface area contributed by atoms with Crippen molar-refractivity contribution in [2.75, 3.05) is 5.32 Å². The number of para-hydroxylation sites is 1. The molecule has 4 aromatic rings. The van der Waals surface area contributed by atoms with Crippen LogP contribution in [0.25, 0.3) is 21.8 Å². The molecule has 2 aromatic heterocycles. The molecule has 23 heavy (non-hydrogen) atoms. The van der Waals surface area contributed by atoms with Gasteiger partial charge in [0.15, 0.2) is 0 Å². The minimum absolute atomic E-state index is 0.263. The first-order valence-electron chi connectivity index (χ1n) is 7.37. The molecule has 0 spiro atoms. The predicted molar refractivity (Wildman–Crippen MR) is 90.4 cm³/mol. The average molecular weight is 305 g/mol. The molecule has 2 aromatic carbocycles. The van der Waals surface area contributed by atoms with Crippen LogP contribution in [0.1, 0.15) is 5.76 Å². The molecule has 0 radical (unpaired) electrons. The van der Waals surface area contributed by atoms with Gasteiger partial charge in [-0.05, 0) is 36.4 Å². The monoisotopic (exact) mass is 305 g/mol. The smallest absolute Gasteiger partial charge is 0.319 e. The van der Waals surface area contributed by atoms with E-state index in [0.29, 0.717) is 12.3 Å². The minimum Gasteiger partial charge on any atom is -0.467 e. The van der Waals surface area contributed by atoms with Crippen molar-refractivity contribution in [3.05, 3.63) is 66.6 Å². The number of H-pyrrole nitrogens is 1. The van der Waals surface area contributed by atoms with E-state index in [9.17, 15) is 4.79 Å². The Balaban J connectivity index is 1.54. The molecule has 0 atom stereocenters. The van der Waals surface area contributed by atoms with E-state index >= 15 is 0 Å². The van der Waals surface area contributed by atoms with Crippen molar-refractivity contribution >= 4 is 33.5 Å². The highest BCUT2D eigenvalue weighted by Crippen LogP contribution is 2.27. The number of benzene rings is 2. The van der Waals surface area contributed by atoms with Crippen LogP contribution in [-0.4, -0.2) is 11.0 Å². The van der Waals surface area contributed by atoms with E-state index in [4.69, 9.17) is 4.42 Å². The number of anilines is 1. The van der Waals surface area contributed by atoms with Crippen molar-refractivity contribution in [3.8, 4) is 0 Å². The molecule has 0 bridgehead atoms. The van der Waals surface area contributed by atoms with Crippen molar-refractivity contribution in [3.63, 3.8) is 0 Å². The second kappa shape index (κ2) is 5.53. The maximum atomic E-state index is 12.0. The van der Waals surface area contributed by atoms with Crippen molar-refractivity contribution in [2.45, 2.75) is 6.54 Å². The van der Waals surface area contributed by atoms with Crippen molar-refractivity contribution in [1.29, 1.82) is 0 Å². The van der Waals surface area contributed by atoms with E-state index < -0.39 is 0 Å². The zero-order valence-electron chi connectivity index (χ0n) is 12.3. The lowest BCUT2D eigenvalue weighted by atomic mass is 10.1. The van der Waals surface area contributed by atoms with Crippen molar-refractivity contribution in [1.82, 2.24) is 10.3 Å². The van der Waals surface area contributed by atoms with Gasteiger partial charge >= 0.3 is 6.03 Å². The number of furan rings is 1. The van der Waals surface area contributed by atoms with Crippen LogP contribution in [0.4, 0.5) is 10.5 Å². The standard InChI is InChI=1S/C18H15N3O2/c22-18(19-11-13-4-3-9-23-13)20-12-7-8-17-15(10-12)14-5-1-2-6-16(14)21-17/h1-10,21H,11H2,(H2,19,20,22). The predicted octanol–water partition coefficient (Wildman–Crippen LogP) is 4.24. The Hall–Kier alpha value is -3.21. The summed E-state index contributed by atoms with van der Waals surface area (Å²) in [5.41, 5.74) is 2.88. The fourth-order valence-electron chi connectivity index (χ4n) is 2.68.